The molecule has 8 nitrogen and oxygen atoms in total. The number of amides is 1. The molecule has 2 N–H and O–H groups in total. The maximum Gasteiger partial charge on any atom is 0.345 e. The lowest BCUT2D eigenvalue weighted by molar-refractivity contribution is 0.0945. The van der Waals surface area contributed by atoms with Crippen molar-refractivity contribution < 1.29 is 4.79 Å². The van der Waals surface area contributed by atoms with Crippen LogP contribution in [-0.4, -0.2) is 30.4 Å². The number of carbonyl (C=O) groups excluding carboxylic acids is 1. The van der Waals surface area contributed by atoms with Gasteiger partial charge in [-0.05, 0) is 24.5 Å². The summed E-state index contributed by atoms with van der Waals surface area (Å²) >= 11 is 0. The van der Waals surface area contributed by atoms with E-state index in [9.17, 15) is 9.59 Å². The van der Waals surface area contributed by atoms with Gasteiger partial charge in [0.1, 0.15) is 17.8 Å². The number of carbonyl (C=O) groups is 1. The van der Waals surface area contributed by atoms with Crippen LogP contribution in [0.4, 0.5) is 0 Å². The lowest BCUT2D eigenvalue weighted by atomic mass is 10.1. The minimum Gasteiger partial charge on any atom is -0.346 e. The molecule has 0 aliphatic carbocycles. The van der Waals surface area contributed by atoms with Crippen molar-refractivity contribution >= 4 is 5.91 Å². The minimum absolute atomic E-state index is 0.109. The van der Waals surface area contributed by atoms with E-state index in [2.05, 4.69) is 25.3 Å². The first-order valence-electron chi connectivity index (χ1n) is 8.33. The van der Waals surface area contributed by atoms with E-state index < -0.39 is 11.6 Å². The second kappa shape index (κ2) is 7.73. The van der Waals surface area contributed by atoms with Gasteiger partial charge in [-0.15, -0.1) is 0 Å². The van der Waals surface area contributed by atoms with Crippen LogP contribution in [0.15, 0.2) is 47.9 Å². The average molecular weight is 352 g/mol. The van der Waals surface area contributed by atoms with E-state index in [-0.39, 0.29) is 12.2 Å². The Bertz CT molecular complexity index is 946. The van der Waals surface area contributed by atoms with Gasteiger partial charge in [0, 0.05) is 36.4 Å². The molecular weight excluding hydrogens is 332 g/mol. The third-order valence-electron chi connectivity index (χ3n) is 3.72. The van der Waals surface area contributed by atoms with Gasteiger partial charge in [0.05, 0.1) is 0 Å². The molecule has 0 aromatic carbocycles. The second-order valence-corrected chi connectivity index (χ2v) is 6.33. The van der Waals surface area contributed by atoms with Crippen LogP contribution in [0.5, 0.6) is 0 Å². The largest absolute Gasteiger partial charge is 0.346 e. The molecule has 0 spiro atoms. The van der Waals surface area contributed by atoms with Gasteiger partial charge in [0.25, 0.3) is 5.91 Å². The molecule has 3 aromatic heterocycles. The third kappa shape index (κ3) is 4.21. The van der Waals surface area contributed by atoms with Crippen molar-refractivity contribution in [2.45, 2.75) is 26.8 Å². The summed E-state index contributed by atoms with van der Waals surface area (Å²) < 4.78 is 1.77. The molecule has 0 fully saturated rings. The molecule has 0 radical (unpaired) electrons. The molecule has 0 atom stereocenters. The molecular formula is C18H20N6O2. The number of hydrogen-bond donors (Lipinski definition) is 2. The van der Waals surface area contributed by atoms with Gasteiger partial charge in [0.2, 0.25) is 0 Å². The fourth-order valence-corrected chi connectivity index (χ4v) is 2.63. The summed E-state index contributed by atoms with van der Waals surface area (Å²) in [6.07, 6.45) is 7.43. The van der Waals surface area contributed by atoms with E-state index in [0.717, 1.165) is 5.56 Å². The van der Waals surface area contributed by atoms with Crippen molar-refractivity contribution in [2.75, 3.05) is 0 Å². The van der Waals surface area contributed by atoms with Gasteiger partial charge < -0.3 is 10.3 Å². The summed E-state index contributed by atoms with van der Waals surface area (Å²) in [6, 6.07) is 5.29. The summed E-state index contributed by atoms with van der Waals surface area (Å²) in [7, 11) is 0. The molecule has 0 unspecified atom stereocenters. The first-order valence-corrected chi connectivity index (χ1v) is 8.33. The Balaban J connectivity index is 1.76. The molecule has 0 saturated carbocycles. The number of nitrogens with zero attached hydrogens (tertiary/aromatic N) is 4. The Kier molecular flexibility index (Phi) is 5.21. The Morgan fingerprint density at radius 3 is 2.92 bits per heavy atom. The standard InChI is InChI=1S/C18H20N6O2/c1-12(2)8-14-9-15(23-18(26)22-14)17(25)21-10-13-4-3-5-20-16(13)24-7-6-19-11-24/h3-7,9,11-12H,8,10H2,1-2H3,(H,21,25)(H,22,23,26). The van der Waals surface area contributed by atoms with E-state index in [0.29, 0.717) is 23.9 Å². The maximum absolute atomic E-state index is 12.4. The predicted octanol–water partition coefficient (Wildman–Crippen LogP) is 1.48. The first-order chi connectivity index (χ1) is 12.5. The lowest BCUT2D eigenvalue weighted by Gasteiger charge is -2.10. The Morgan fingerprint density at radius 2 is 2.19 bits per heavy atom. The molecule has 0 saturated heterocycles. The zero-order valence-electron chi connectivity index (χ0n) is 14.6. The van der Waals surface area contributed by atoms with Crippen molar-refractivity contribution in [3.05, 3.63) is 70.6 Å². The number of nitrogens with one attached hydrogen (secondary N) is 2. The van der Waals surface area contributed by atoms with Gasteiger partial charge in [-0.1, -0.05) is 19.9 Å². The number of H-pyrrole nitrogens is 1. The molecule has 8 heteroatoms. The van der Waals surface area contributed by atoms with Crippen LogP contribution >= 0.6 is 0 Å². The summed E-state index contributed by atoms with van der Waals surface area (Å²) in [4.78, 5) is 38.9. The highest BCUT2D eigenvalue weighted by molar-refractivity contribution is 5.92. The van der Waals surface area contributed by atoms with Gasteiger partial charge in [-0.25, -0.2) is 14.8 Å². The molecule has 26 heavy (non-hydrogen) atoms. The molecule has 0 aliphatic heterocycles. The monoisotopic (exact) mass is 352 g/mol. The van der Waals surface area contributed by atoms with E-state index in [1.165, 1.54) is 0 Å². The molecule has 3 aromatic rings. The van der Waals surface area contributed by atoms with Crippen LogP contribution in [-0.2, 0) is 13.0 Å². The Labute approximate surface area is 150 Å². The summed E-state index contributed by atoms with van der Waals surface area (Å²) in [5.41, 5.74) is 1.11. The highest BCUT2D eigenvalue weighted by Gasteiger charge is 2.12. The van der Waals surface area contributed by atoms with Gasteiger partial charge >= 0.3 is 5.69 Å². The van der Waals surface area contributed by atoms with Gasteiger partial charge in [0.15, 0.2) is 0 Å². The summed E-state index contributed by atoms with van der Waals surface area (Å²) in [5.74, 6) is 0.642. The van der Waals surface area contributed by atoms with Crippen molar-refractivity contribution in [1.29, 1.82) is 0 Å². The smallest absolute Gasteiger partial charge is 0.345 e. The van der Waals surface area contributed by atoms with Crippen molar-refractivity contribution in [3.63, 3.8) is 0 Å². The van der Waals surface area contributed by atoms with Crippen molar-refractivity contribution in [1.82, 2.24) is 29.8 Å². The highest BCUT2D eigenvalue weighted by atomic mass is 16.2. The predicted molar refractivity (Wildman–Crippen MR) is 95.9 cm³/mol. The van der Waals surface area contributed by atoms with Crippen LogP contribution in [0.25, 0.3) is 5.82 Å². The van der Waals surface area contributed by atoms with E-state index in [4.69, 9.17) is 0 Å². The zero-order valence-corrected chi connectivity index (χ0v) is 14.6. The van der Waals surface area contributed by atoms with Crippen LogP contribution in [0.2, 0.25) is 0 Å². The molecule has 134 valence electrons. The average Bonchev–Trinajstić information content (AvgIpc) is 3.13. The van der Waals surface area contributed by atoms with E-state index in [1.807, 2.05) is 19.9 Å². The second-order valence-electron chi connectivity index (χ2n) is 6.33. The van der Waals surface area contributed by atoms with Gasteiger partial charge in [-0.3, -0.25) is 9.36 Å². The number of aromatic nitrogens is 5. The normalized spacial score (nSPS) is 10.9. The quantitative estimate of drug-likeness (QED) is 0.699. The SMILES string of the molecule is CC(C)Cc1cc(C(=O)NCc2cccnc2-n2ccnc2)nc(=O)[nH]1. The topological polar surface area (TPSA) is 106 Å². The summed E-state index contributed by atoms with van der Waals surface area (Å²) in [6.45, 7) is 4.34. The molecule has 3 rings (SSSR count). The van der Waals surface area contributed by atoms with E-state index >= 15 is 0 Å². The summed E-state index contributed by atoms with van der Waals surface area (Å²) in [5, 5.41) is 2.80. The number of imidazole rings is 1. The molecule has 0 aliphatic rings. The van der Waals surface area contributed by atoms with Crippen molar-refractivity contribution in [3.8, 4) is 5.82 Å². The minimum atomic E-state index is -0.520. The number of rotatable bonds is 6. The highest BCUT2D eigenvalue weighted by Crippen LogP contribution is 2.11. The molecule has 1 amide bonds. The molecule has 0 bridgehead atoms. The van der Waals surface area contributed by atoms with Crippen LogP contribution in [0.1, 0.15) is 35.6 Å². The fraction of sp³-hybridized carbons (Fsp3) is 0.278. The Morgan fingerprint density at radius 1 is 1.35 bits per heavy atom. The fourth-order valence-electron chi connectivity index (χ4n) is 2.63. The third-order valence-corrected chi connectivity index (χ3v) is 3.72. The van der Waals surface area contributed by atoms with Crippen LogP contribution < -0.4 is 11.0 Å². The van der Waals surface area contributed by atoms with Crippen LogP contribution in [0, 0.1) is 5.92 Å². The lowest BCUT2D eigenvalue weighted by Crippen LogP contribution is -2.28. The Hall–Kier alpha value is -3.29. The van der Waals surface area contributed by atoms with Crippen molar-refractivity contribution in [2.24, 2.45) is 5.92 Å². The van der Waals surface area contributed by atoms with Crippen LogP contribution in [0.3, 0.4) is 0 Å². The van der Waals surface area contributed by atoms with Gasteiger partial charge in [-0.2, -0.15) is 4.98 Å². The molecule has 3 heterocycles. The zero-order chi connectivity index (χ0) is 18.5. The number of pyridine rings is 1. The maximum atomic E-state index is 12.4. The first kappa shape index (κ1) is 17.5. The number of aromatic amines is 1. The number of hydrogen-bond acceptors (Lipinski definition) is 5. The van der Waals surface area contributed by atoms with E-state index in [1.54, 1.807) is 41.6 Å².